The van der Waals surface area contributed by atoms with E-state index in [0.29, 0.717) is 19.7 Å². The second kappa shape index (κ2) is 7.88. The van der Waals surface area contributed by atoms with Crippen molar-refractivity contribution < 1.29 is 9.53 Å². The summed E-state index contributed by atoms with van der Waals surface area (Å²) in [6.07, 6.45) is 2.42. The Balaban J connectivity index is 1.60. The van der Waals surface area contributed by atoms with Crippen molar-refractivity contribution in [2.75, 3.05) is 13.2 Å². The fourth-order valence-corrected chi connectivity index (χ4v) is 2.72. The van der Waals surface area contributed by atoms with Crippen LogP contribution in [-0.2, 0) is 16.1 Å². The molecule has 6 heteroatoms. The number of aromatic nitrogens is 2. The Morgan fingerprint density at radius 1 is 1.21 bits per heavy atom. The predicted octanol–water partition coefficient (Wildman–Crippen LogP) is 1.60. The summed E-state index contributed by atoms with van der Waals surface area (Å²) in [7, 11) is 0. The van der Waals surface area contributed by atoms with Crippen molar-refractivity contribution in [3.63, 3.8) is 0 Å². The van der Waals surface area contributed by atoms with Crippen molar-refractivity contribution >= 4 is 5.91 Å². The highest BCUT2D eigenvalue weighted by Crippen LogP contribution is 2.14. The van der Waals surface area contributed by atoms with E-state index in [1.165, 1.54) is 10.7 Å². The van der Waals surface area contributed by atoms with Gasteiger partial charge in [-0.1, -0.05) is 30.3 Å². The number of benzene rings is 1. The first-order valence-electron chi connectivity index (χ1n) is 8.27. The van der Waals surface area contributed by atoms with Crippen LogP contribution in [0.15, 0.2) is 47.3 Å². The summed E-state index contributed by atoms with van der Waals surface area (Å²) < 4.78 is 6.83. The maximum Gasteiger partial charge on any atom is 0.266 e. The van der Waals surface area contributed by atoms with Crippen molar-refractivity contribution in [3.8, 4) is 11.3 Å². The molecular weight excluding hydrogens is 306 g/mol. The second-order valence-electron chi connectivity index (χ2n) is 5.79. The molecule has 1 aromatic carbocycles. The molecule has 0 unspecified atom stereocenters. The van der Waals surface area contributed by atoms with Gasteiger partial charge >= 0.3 is 0 Å². The van der Waals surface area contributed by atoms with E-state index < -0.39 is 0 Å². The Hall–Kier alpha value is -2.47. The van der Waals surface area contributed by atoms with E-state index in [0.717, 1.165) is 30.5 Å². The van der Waals surface area contributed by atoms with Crippen LogP contribution in [0.3, 0.4) is 0 Å². The maximum atomic E-state index is 12.0. The number of amides is 1. The van der Waals surface area contributed by atoms with E-state index in [-0.39, 0.29) is 17.6 Å². The molecule has 126 valence electrons. The van der Waals surface area contributed by atoms with Crippen LogP contribution >= 0.6 is 0 Å². The molecule has 1 aliphatic heterocycles. The van der Waals surface area contributed by atoms with Crippen molar-refractivity contribution in [2.24, 2.45) is 0 Å². The van der Waals surface area contributed by atoms with Gasteiger partial charge in [-0.3, -0.25) is 9.59 Å². The van der Waals surface area contributed by atoms with Crippen molar-refractivity contribution in [1.82, 2.24) is 15.1 Å². The molecule has 2 aromatic rings. The van der Waals surface area contributed by atoms with Gasteiger partial charge in [0.25, 0.3) is 5.56 Å². The Labute approximate surface area is 140 Å². The molecule has 0 spiro atoms. The third-order valence-electron chi connectivity index (χ3n) is 4.03. The average Bonchev–Trinajstić information content (AvgIpc) is 2.64. The minimum absolute atomic E-state index is 0.109. The second-order valence-corrected chi connectivity index (χ2v) is 5.79. The third kappa shape index (κ3) is 4.08. The molecule has 2 heterocycles. The fraction of sp³-hybridized carbons (Fsp3) is 0.389. The first kappa shape index (κ1) is 16.4. The summed E-state index contributed by atoms with van der Waals surface area (Å²) in [6.45, 7) is 1.32. The lowest BCUT2D eigenvalue weighted by molar-refractivity contribution is -0.135. The maximum absolute atomic E-state index is 12.0. The highest BCUT2D eigenvalue weighted by molar-refractivity contribution is 5.80. The number of hydrogen-bond donors (Lipinski definition) is 1. The van der Waals surface area contributed by atoms with Gasteiger partial charge in [-0.2, -0.15) is 5.10 Å². The van der Waals surface area contributed by atoms with Gasteiger partial charge in [0.1, 0.15) is 6.10 Å². The van der Waals surface area contributed by atoms with E-state index in [1.807, 2.05) is 30.3 Å². The number of carbonyl (C=O) groups is 1. The molecule has 6 nitrogen and oxygen atoms in total. The molecule has 0 saturated carbocycles. The molecule has 1 atom stereocenters. The van der Waals surface area contributed by atoms with Gasteiger partial charge in [0.05, 0.1) is 12.2 Å². The number of ether oxygens (including phenoxy) is 1. The molecule has 1 aromatic heterocycles. The highest BCUT2D eigenvalue weighted by Gasteiger charge is 2.21. The molecular formula is C18H21N3O3. The summed E-state index contributed by atoms with van der Waals surface area (Å²) in [4.78, 5) is 24.0. The number of nitrogens with one attached hydrogen (secondary N) is 1. The highest BCUT2D eigenvalue weighted by atomic mass is 16.5. The van der Waals surface area contributed by atoms with E-state index in [4.69, 9.17) is 4.74 Å². The van der Waals surface area contributed by atoms with E-state index >= 15 is 0 Å². The van der Waals surface area contributed by atoms with Crippen molar-refractivity contribution in [2.45, 2.75) is 31.9 Å². The zero-order chi connectivity index (χ0) is 16.8. The summed E-state index contributed by atoms with van der Waals surface area (Å²) >= 11 is 0. The predicted molar refractivity (Wildman–Crippen MR) is 90.5 cm³/mol. The first-order chi connectivity index (χ1) is 11.7. The van der Waals surface area contributed by atoms with Crippen LogP contribution in [0, 0.1) is 0 Å². The molecule has 1 amide bonds. The third-order valence-corrected chi connectivity index (χ3v) is 4.03. The first-order valence-corrected chi connectivity index (χ1v) is 8.27. The van der Waals surface area contributed by atoms with Crippen LogP contribution in [0.25, 0.3) is 11.3 Å². The Morgan fingerprint density at radius 2 is 2.04 bits per heavy atom. The van der Waals surface area contributed by atoms with Gasteiger partial charge in [0.2, 0.25) is 5.91 Å². The molecule has 0 aliphatic carbocycles. The average molecular weight is 327 g/mol. The lowest BCUT2D eigenvalue weighted by Gasteiger charge is -2.21. The number of rotatable bonds is 5. The molecule has 1 aliphatic rings. The monoisotopic (exact) mass is 327 g/mol. The summed E-state index contributed by atoms with van der Waals surface area (Å²) in [6, 6.07) is 12.9. The van der Waals surface area contributed by atoms with E-state index in [1.54, 1.807) is 6.07 Å². The largest absolute Gasteiger partial charge is 0.368 e. The smallest absolute Gasteiger partial charge is 0.266 e. The molecule has 1 fully saturated rings. The zero-order valence-corrected chi connectivity index (χ0v) is 13.5. The van der Waals surface area contributed by atoms with Crippen LogP contribution in [0.5, 0.6) is 0 Å². The lowest BCUT2D eigenvalue weighted by atomic mass is 10.1. The SMILES string of the molecule is O=C(NCCn1nc(-c2ccccc2)ccc1=O)[C@H]1CCCCO1. The standard InChI is InChI=1S/C18H21N3O3/c22-17-10-9-15(14-6-2-1-3-7-14)20-21(17)12-11-19-18(23)16-8-4-5-13-24-16/h1-3,6-7,9-10,16H,4-5,8,11-13H2,(H,19,23)/t16-/m1/s1. The van der Waals surface area contributed by atoms with Gasteiger partial charge in [-0.25, -0.2) is 4.68 Å². The normalized spacial score (nSPS) is 17.4. The fourth-order valence-electron chi connectivity index (χ4n) is 2.72. The molecule has 1 saturated heterocycles. The van der Waals surface area contributed by atoms with Gasteiger partial charge in [0, 0.05) is 24.8 Å². The zero-order valence-electron chi connectivity index (χ0n) is 13.5. The van der Waals surface area contributed by atoms with Crippen LogP contribution in [0.1, 0.15) is 19.3 Å². The van der Waals surface area contributed by atoms with Crippen molar-refractivity contribution in [1.29, 1.82) is 0 Å². The number of hydrogen-bond acceptors (Lipinski definition) is 4. The van der Waals surface area contributed by atoms with Gasteiger partial charge in [-0.15, -0.1) is 0 Å². The van der Waals surface area contributed by atoms with Gasteiger partial charge < -0.3 is 10.1 Å². The van der Waals surface area contributed by atoms with Crippen LogP contribution in [0.4, 0.5) is 0 Å². The summed E-state index contributed by atoms with van der Waals surface area (Å²) in [5, 5.41) is 7.20. The molecule has 0 radical (unpaired) electrons. The minimum Gasteiger partial charge on any atom is -0.368 e. The number of carbonyl (C=O) groups excluding carboxylic acids is 1. The quantitative estimate of drug-likeness (QED) is 0.905. The molecule has 0 bridgehead atoms. The van der Waals surface area contributed by atoms with Crippen LogP contribution in [0.2, 0.25) is 0 Å². The molecule has 24 heavy (non-hydrogen) atoms. The van der Waals surface area contributed by atoms with Crippen molar-refractivity contribution in [3.05, 3.63) is 52.8 Å². The number of nitrogens with zero attached hydrogens (tertiary/aromatic N) is 2. The van der Waals surface area contributed by atoms with E-state index in [2.05, 4.69) is 10.4 Å². The van der Waals surface area contributed by atoms with Gasteiger partial charge in [0.15, 0.2) is 0 Å². The van der Waals surface area contributed by atoms with Crippen LogP contribution in [-0.4, -0.2) is 34.9 Å². The topological polar surface area (TPSA) is 73.2 Å². The summed E-state index contributed by atoms with van der Waals surface area (Å²) in [5.74, 6) is -0.109. The molecule has 1 N–H and O–H groups in total. The summed E-state index contributed by atoms with van der Waals surface area (Å²) in [5.41, 5.74) is 1.50. The Morgan fingerprint density at radius 3 is 2.79 bits per heavy atom. The Bertz CT molecular complexity index is 737. The molecule has 3 rings (SSSR count). The minimum atomic E-state index is -0.362. The van der Waals surface area contributed by atoms with E-state index in [9.17, 15) is 9.59 Å². The van der Waals surface area contributed by atoms with Crippen LogP contribution < -0.4 is 10.9 Å². The Kier molecular flexibility index (Phi) is 5.38. The lowest BCUT2D eigenvalue weighted by Crippen LogP contribution is -2.40. The van der Waals surface area contributed by atoms with Gasteiger partial charge in [-0.05, 0) is 25.3 Å².